The summed E-state index contributed by atoms with van der Waals surface area (Å²) in [5.41, 5.74) is -0.0235. The zero-order valence-electron chi connectivity index (χ0n) is 8.54. The second-order valence-electron chi connectivity index (χ2n) is 4.35. The summed E-state index contributed by atoms with van der Waals surface area (Å²) in [6.45, 7) is -2.71. The second-order valence-corrected chi connectivity index (χ2v) is 4.35. The van der Waals surface area contributed by atoms with Crippen LogP contribution >= 0.6 is 0 Å². The van der Waals surface area contributed by atoms with Crippen LogP contribution in [0.2, 0.25) is 0 Å². The van der Waals surface area contributed by atoms with E-state index in [0.29, 0.717) is 25.7 Å². The van der Waals surface area contributed by atoms with Crippen molar-refractivity contribution in [1.82, 2.24) is 0 Å². The summed E-state index contributed by atoms with van der Waals surface area (Å²) in [4.78, 5) is 10.4. The molecule has 15 heavy (non-hydrogen) atoms. The van der Waals surface area contributed by atoms with Crippen molar-refractivity contribution in [1.29, 1.82) is 0 Å². The SMILES string of the molecule is O=C([O-])C1CC2(CC(OC(F)F)C2)C1.[Li+]. The number of halogens is 2. The Labute approximate surface area is 98.3 Å². The molecular weight excluding hydrogens is 201 g/mol. The predicted octanol–water partition coefficient (Wildman–Crippen LogP) is -2.46. The van der Waals surface area contributed by atoms with Gasteiger partial charge in [0.1, 0.15) is 0 Å². The molecule has 0 aromatic carbocycles. The van der Waals surface area contributed by atoms with Gasteiger partial charge in [-0.15, -0.1) is 0 Å². The van der Waals surface area contributed by atoms with Crippen LogP contribution in [0.4, 0.5) is 8.78 Å². The number of rotatable bonds is 3. The molecule has 2 rings (SSSR count). The number of alkyl halides is 2. The molecule has 1 spiro atoms. The molecule has 2 aliphatic rings. The summed E-state index contributed by atoms with van der Waals surface area (Å²) in [6.07, 6.45) is 1.90. The average molecular weight is 212 g/mol. The first-order valence-electron chi connectivity index (χ1n) is 4.65. The van der Waals surface area contributed by atoms with Crippen LogP contribution in [0.3, 0.4) is 0 Å². The van der Waals surface area contributed by atoms with Crippen LogP contribution in [-0.4, -0.2) is 18.7 Å². The number of carbonyl (C=O) groups is 1. The monoisotopic (exact) mass is 212 g/mol. The van der Waals surface area contributed by atoms with E-state index in [9.17, 15) is 18.7 Å². The second kappa shape index (κ2) is 4.40. The molecule has 2 fully saturated rings. The molecule has 0 N–H and O–H groups in total. The van der Waals surface area contributed by atoms with E-state index < -0.39 is 12.6 Å². The predicted molar refractivity (Wildman–Crippen MR) is 40.3 cm³/mol. The van der Waals surface area contributed by atoms with Gasteiger partial charge in [-0.1, -0.05) is 0 Å². The third-order valence-electron chi connectivity index (χ3n) is 3.31. The smallest absolute Gasteiger partial charge is 0.550 e. The molecule has 80 valence electrons. The Bertz CT molecular complexity index is 246. The summed E-state index contributed by atoms with van der Waals surface area (Å²) in [5, 5.41) is 10.4. The summed E-state index contributed by atoms with van der Waals surface area (Å²) in [5.74, 6) is -1.39. The summed E-state index contributed by atoms with van der Waals surface area (Å²) in [7, 11) is 0. The van der Waals surface area contributed by atoms with Crippen molar-refractivity contribution in [2.24, 2.45) is 11.3 Å². The molecule has 0 amide bonds. The van der Waals surface area contributed by atoms with Gasteiger partial charge in [-0.05, 0) is 37.0 Å². The fraction of sp³-hybridized carbons (Fsp3) is 0.889. The number of carboxylic acid groups (broad SMARTS) is 1. The zero-order valence-corrected chi connectivity index (χ0v) is 8.54. The van der Waals surface area contributed by atoms with E-state index in [-0.39, 0.29) is 36.3 Å². The Hall–Kier alpha value is -0.113. The Kier molecular flexibility index (Phi) is 3.80. The maximum atomic E-state index is 11.8. The molecule has 0 atom stereocenters. The van der Waals surface area contributed by atoms with Gasteiger partial charge in [-0.3, -0.25) is 0 Å². The van der Waals surface area contributed by atoms with E-state index in [0.717, 1.165) is 0 Å². The molecule has 0 radical (unpaired) electrons. The number of hydrogen-bond donors (Lipinski definition) is 0. The van der Waals surface area contributed by atoms with E-state index in [4.69, 9.17) is 0 Å². The number of aliphatic carboxylic acids is 1. The maximum Gasteiger partial charge on any atom is 1.00 e. The molecule has 0 saturated heterocycles. The van der Waals surface area contributed by atoms with Crippen LogP contribution in [-0.2, 0) is 9.53 Å². The number of hydrogen-bond acceptors (Lipinski definition) is 3. The Balaban J connectivity index is 0.00000112. The average Bonchev–Trinajstić information content (AvgIpc) is 1.89. The van der Waals surface area contributed by atoms with Crippen LogP contribution in [0.5, 0.6) is 0 Å². The van der Waals surface area contributed by atoms with E-state index >= 15 is 0 Å². The largest absolute Gasteiger partial charge is 1.00 e. The number of ether oxygens (including phenoxy) is 1. The summed E-state index contributed by atoms with van der Waals surface area (Å²) >= 11 is 0. The first-order valence-corrected chi connectivity index (χ1v) is 4.65. The van der Waals surface area contributed by atoms with Gasteiger partial charge in [0.25, 0.3) is 0 Å². The Morgan fingerprint density at radius 1 is 1.33 bits per heavy atom. The Morgan fingerprint density at radius 3 is 2.27 bits per heavy atom. The molecule has 0 aromatic heterocycles. The standard InChI is InChI=1S/C9H12F2O3.Li/c10-8(11)14-6-3-9(4-6)1-5(2-9)7(12)13;/h5-6,8H,1-4H2,(H,12,13);/q;+1/p-1. The zero-order chi connectivity index (χ0) is 10.3. The molecule has 0 unspecified atom stereocenters. The first kappa shape index (κ1) is 13.0. The van der Waals surface area contributed by atoms with E-state index in [1.165, 1.54) is 0 Å². The third kappa shape index (κ3) is 2.52. The minimum Gasteiger partial charge on any atom is -0.550 e. The van der Waals surface area contributed by atoms with Gasteiger partial charge in [0.15, 0.2) is 0 Å². The molecule has 0 aliphatic heterocycles. The van der Waals surface area contributed by atoms with Crippen molar-refractivity contribution < 1.29 is 42.3 Å². The van der Waals surface area contributed by atoms with Crippen molar-refractivity contribution in [3.8, 4) is 0 Å². The summed E-state index contributed by atoms with van der Waals surface area (Å²) < 4.78 is 27.8. The molecule has 2 aliphatic carbocycles. The van der Waals surface area contributed by atoms with Crippen molar-refractivity contribution >= 4 is 5.97 Å². The fourth-order valence-corrected chi connectivity index (χ4v) is 2.63. The van der Waals surface area contributed by atoms with Gasteiger partial charge < -0.3 is 14.6 Å². The molecule has 6 heteroatoms. The molecular formula is C9H11F2LiO3. The van der Waals surface area contributed by atoms with Gasteiger partial charge in [-0.25, -0.2) is 0 Å². The van der Waals surface area contributed by atoms with Crippen LogP contribution in [0, 0.1) is 11.3 Å². The molecule has 0 aromatic rings. The molecule has 0 bridgehead atoms. The first-order chi connectivity index (χ1) is 6.51. The number of carbonyl (C=O) groups excluding carboxylic acids is 1. The minimum atomic E-state index is -2.71. The van der Waals surface area contributed by atoms with Crippen molar-refractivity contribution in [3.63, 3.8) is 0 Å². The third-order valence-corrected chi connectivity index (χ3v) is 3.31. The molecule has 0 heterocycles. The van der Waals surface area contributed by atoms with Gasteiger partial charge >= 0.3 is 25.5 Å². The minimum absolute atomic E-state index is 0. The van der Waals surface area contributed by atoms with Gasteiger partial charge in [-0.2, -0.15) is 8.78 Å². The van der Waals surface area contributed by atoms with Crippen molar-refractivity contribution in [2.75, 3.05) is 0 Å². The summed E-state index contributed by atoms with van der Waals surface area (Å²) in [6, 6.07) is 0. The van der Waals surface area contributed by atoms with Crippen molar-refractivity contribution in [2.45, 2.75) is 38.4 Å². The molecule has 2 saturated carbocycles. The number of carboxylic acids is 1. The normalized spacial score (nSPS) is 38.1. The molecule has 3 nitrogen and oxygen atoms in total. The van der Waals surface area contributed by atoms with Crippen LogP contribution in [0.1, 0.15) is 25.7 Å². The van der Waals surface area contributed by atoms with Gasteiger partial charge in [0.2, 0.25) is 0 Å². The van der Waals surface area contributed by atoms with Crippen LogP contribution in [0.25, 0.3) is 0 Å². The van der Waals surface area contributed by atoms with Gasteiger partial charge in [0, 0.05) is 5.97 Å². The van der Waals surface area contributed by atoms with Crippen LogP contribution in [0.15, 0.2) is 0 Å². The van der Waals surface area contributed by atoms with Crippen molar-refractivity contribution in [3.05, 3.63) is 0 Å². The maximum absolute atomic E-state index is 11.8. The quantitative estimate of drug-likeness (QED) is 0.487. The van der Waals surface area contributed by atoms with Gasteiger partial charge in [0.05, 0.1) is 6.10 Å². The Morgan fingerprint density at radius 2 is 1.87 bits per heavy atom. The fourth-order valence-electron chi connectivity index (χ4n) is 2.63. The van der Waals surface area contributed by atoms with Crippen LogP contribution < -0.4 is 24.0 Å². The van der Waals surface area contributed by atoms with E-state index in [1.54, 1.807) is 0 Å². The van der Waals surface area contributed by atoms with E-state index in [2.05, 4.69) is 4.74 Å². The topological polar surface area (TPSA) is 49.4 Å². The van der Waals surface area contributed by atoms with E-state index in [1.807, 2.05) is 0 Å².